The Bertz CT molecular complexity index is 918. The van der Waals surface area contributed by atoms with Crippen molar-refractivity contribution in [1.29, 1.82) is 0 Å². The average molecular weight is 353 g/mol. The standard InChI is InChI=1S/C19H19N3O4/c1-12(13-3-6-15(7-4-13)26-10-18(23)25-2)22-19(24)14-5-8-16-17(9-14)21-11-20-16/h3-9,11-12H,10H2,1-2H3,(H,20,21)(H,22,24). The molecule has 0 spiro atoms. The SMILES string of the molecule is COC(=O)COc1ccc(C(C)NC(=O)c2ccc3nc[nH]c3c2)cc1. The van der Waals surface area contributed by atoms with E-state index in [4.69, 9.17) is 4.74 Å². The van der Waals surface area contributed by atoms with E-state index in [2.05, 4.69) is 20.0 Å². The normalized spacial score (nSPS) is 11.8. The predicted octanol–water partition coefficient (Wildman–Crippen LogP) is 2.61. The van der Waals surface area contributed by atoms with Gasteiger partial charge in [-0.1, -0.05) is 12.1 Å². The van der Waals surface area contributed by atoms with Crippen LogP contribution in [0.25, 0.3) is 11.0 Å². The third-order valence-electron chi connectivity index (χ3n) is 3.99. The summed E-state index contributed by atoms with van der Waals surface area (Å²) < 4.78 is 9.83. The maximum absolute atomic E-state index is 12.4. The number of amides is 1. The monoisotopic (exact) mass is 353 g/mol. The minimum atomic E-state index is -0.441. The lowest BCUT2D eigenvalue weighted by Crippen LogP contribution is -2.26. The van der Waals surface area contributed by atoms with Crippen LogP contribution in [0, 0.1) is 0 Å². The van der Waals surface area contributed by atoms with Crippen molar-refractivity contribution in [3.8, 4) is 5.75 Å². The Hall–Kier alpha value is -3.35. The number of nitrogens with one attached hydrogen (secondary N) is 2. The van der Waals surface area contributed by atoms with Crippen LogP contribution in [0.4, 0.5) is 0 Å². The van der Waals surface area contributed by atoms with Crippen LogP contribution < -0.4 is 10.1 Å². The first-order valence-corrected chi connectivity index (χ1v) is 8.10. The molecule has 26 heavy (non-hydrogen) atoms. The van der Waals surface area contributed by atoms with Gasteiger partial charge in [0, 0.05) is 5.56 Å². The minimum Gasteiger partial charge on any atom is -0.482 e. The Kier molecular flexibility index (Phi) is 5.17. The van der Waals surface area contributed by atoms with Gasteiger partial charge in [0.15, 0.2) is 6.61 Å². The van der Waals surface area contributed by atoms with Crippen molar-refractivity contribution >= 4 is 22.9 Å². The second-order valence-corrected chi connectivity index (χ2v) is 5.76. The van der Waals surface area contributed by atoms with Gasteiger partial charge in [-0.3, -0.25) is 4.79 Å². The number of rotatable bonds is 6. The molecule has 0 bridgehead atoms. The fraction of sp³-hybridized carbons (Fsp3) is 0.211. The molecule has 3 aromatic rings. The molecule has 7 heteroatoms. The highest BCUT2D eigenvalue weighted by molar-refractivity contribution is 5.97. The van der Waals surface area contributed by atoms with Gasteiger partial charge in [-0.15, -0.1) is 0 Å². The van der Waals surface area contributed by atoms with Crippen LogP contribution in [0.1, 0.15) is 28.9 Å². The smallest absolute Gasteiger partial charge is 0.343 e. The summed E-state index contributed by atoms with van der Waals surface area (Å²) in [4.78, 5) is 30.7. The molecule has 0 fully saturated rings. The van der Waals surface area contributed by atoms with Crippen molar-refractivity contribution < 1.29 is 19.1 Å². The summed E-state index contributed by atoms with van der Waals surface area (Å²) in [5.41, 5.74) is 3.12. The van der Waals surface area contributed by atoms with E-state index in [9.17, 15) is 9.59 Å². The van der Waals surface area contributed by atoms with E-state index in [-0.39, 0.29) is 18.6 Å². The number of methoxy groups -OCH3 is 1. The second-order valence-electron chi connectivity index (χ2n) is 5.76. The number of nitrogens with zero attached hydrogens (tertiary/aromatic N) is 1. The number of esters is 1. The number of carbonyl (C=O) groups excluding carboxylic acids is 2. The molecule has 1 heterocycles. The summed E-state index contributed by atoms with van der Waals surface area (Å²) in [6.45, 7) is 1.76. The summed E-state index contributed by atoms with van der Waals surface area (Å²) in [5, 5.41) is 2.96. The number of carbonyl (C=O) groups is 2. The summed E-state index contributed by atoms with van der Waals surface area (Å²) in [5.74, 6) is -0.0497. The third kappa shape index (κ3) is 4.00. The van der Waals surface area contributed by atoms with Crippen molar-refractivity contribution in [2.45, 2.75) is 13.0 Å². The van der Waals surface area contributed by atoms with Gasteiger partial charge >= 0.3 is 5.97 Å². The number of hydrogen-bond acceptors (Lipinski definition) is 5. The number of aromatic amines is 1. The van der Waals surface area contributed by atoms with Gasteiger partial charge in [-0.25, -0.2) is 9.78 Å². The minimum absolute atomic E-state index is 0.141. The highest BCUT2D eigenvalue weighted by Gasteiger charge is 2.13. The number of hydrogen-bond donors (Lipinski definition) is 2. The van der Waals surface area contributed by atoms with Gasteiger partial charge in [0.05, 0.1) is 30.5 Å². The van der Waals surface area contributed by atoms with E-state index < -0.39 is 5.97 Å². The second kappa shape index (κ2) is 7.69. The molecule has 0 aliphatic rings. The molecule has 0 aliphatic heterocycles. The maximum Gasteiger partial charge on any atom is 0.343 e. The molecule has 134 valence electrons. The summed E-state index contributed by atoms with van der Waals surface area (Å²) >= 11 is 0. The number of fused-ring (bicyclic) bond motifs is 1. The van der Waals surface area contributed by atoms with Gasteiger partial charge in [0.1, 0.15) is 5.75 Å². The van der Waals surface area contributed by atoms with E-state index in [1.165, 1.54) is 7.11 Å². The molecule has 3 rings (SSSR count). The van der Waals surface area contributed by atoms with Crippen molar-refractivity contribution in [3.05, 3.63) is 59.9 Å². The predicted molar refractivity (Wildman–Crippen MR) is 95.9 cm³/mol. The van der Waals surface area contributed by atoms with Crippen LogP contribution in [0.15, 0.2) is 48.8 Å². The Morgan fingerprint density at radius 2 is 1.96 bits per heavy atom. The number of imidazole rings is 1. The molecule has 0 radical (unpaired) electrons. The molecule has 7 nitrogen and oxygen atoms in total. The molecular formula is C19H19N3O4. The van der Waals surface area contributed by atoms with E-state index in [0.717, 1.165) is 16.6 Å². The first kappa shape index (κ1) is 17.5. The van der Waals surface area contributed by atoms with Crippen molar-refractivity contribution in [1.82, 2.24) is 15.3 Å². The zero-order valence-corrected chi connectivity index (χ0v) is 14.5. The van der Waals surface area contributed by atoms with Crippen LogP contribution in [-0.2, 0) is 9.53 Å². The van der Waals surface area contributed by atoms with Crippen molar-refractivity contribution in [3.63, 3.8) is 0 Å². The zero-order valence-electron chi connectivity index (χ0n) is 14.5. The van der Waals surface area contributed by atoms with Gasteiger partial charge in [-0.2, -0.15) is 0 Å². The summed E-state index contributed by atoms with van der Waals surface area (Å²) in [6.07, 6.45) is 1.60. The van der Waals surface area contributed by atoms with Crippen LogP contribution in [0.3, 0.4) is 0 Å². The van der Waals surface area contributed by atoms with Gasteiger partial charge < -0.3 is 19.8 Å². The lowest BCUT2D eigenvalue weighted by atomic mass is 10.1. The van der Waals surface area contributed by atoms with E-state index >= 15 is 0 Å². The molecule has 0 saturated heterocycles. The fourth-order valence-corrected chi connectivity index (χ4v) is 2.49. The lowest BCUT2D eigenvalue weighted by Gasteiger charge is -2.15. The zero-order chi connectivity index (χ0) is 18.5. The third-order valence-corrected chi connectivity index (χ3v) is 3.99. The van der Waals surface area contributed by atoms with E-state index in [1.54, 1.807) is 36.7 Å². The number of benzene rings is 2. The van der Waals surface area contributed by atoms with E-state index in [1.807, 2.05) is 19.1 Å². The number of H-pyrrole nitrogens is 1. The first-order chi connectivity index (χ1) is 12.6. The first-order valence-electron chi connectivity index (χ1n) is 8.10. The Morgan fingerprint density at radius 3 is 2.69 bits per heavy atom. The van der Waals surface area contributed by atoms with E-state index in [0.29, 0.717) is 11.3 Å². The van der Waals surface area contributed by atoms with Crippen LogP contribution in [-0.4, -0.2) is 35.6 Å². The fourth-order valence-electron chi connectivity index (χ4n) is 2.49. The Balaban J connectivity index is 1.62. The topological polar surface area (TPSA) is 93.3 Å². The molecule has 0 aliphatic carbocycles. The number of aromatic nitrogens is 2. The molecule has 2 aromatic carbocycles. The van der Waals surface area contributed by atoms with Crippen LogP contribution >= 0.6 is 0 Å². The molecule has 2 N–H and O–H groups in total. The molecule has 0 saturated carbocycles. The Labute approximate surface area is 150 Å². The van der Waals surface area contributed by atoms with Crippen LogP contribution in [0.5, 0.6) is 5.75 Å². The molecule has 1 amide bonds. The van der Waals surface area contributed by atoms with Gasteiger partial charge in [0.2, 0.25) is 0 Å². The lowest BCUT2D eigenvalue weighted by molar-refractivity contribution is -0.142. The number of ether oxygens (including phenoxy) is 2. The highest BCUT2D eigenvalue weighted by Crippen LogP contribution is 2.19. The average Bonchev–Trinajstić information content (AvgIpc) is 3.14. The van der Waals surface area contributed by atoms with Crippen LogP contribution in [0.2, 0.25) is 0 Å². The molecule has 1 atom stereocenters. The molecular weight excluding hydrogens is 334 g/mol. The quantitative estimate of drug-likeness (QED) is 0.665. The maximum atomic E-state index is 12.4. The van der Waals surface area contributed by atoms with Gasteiger partial charge in [0.25, 0.3) is 5.91 Å². The van der Waals surface area contributed by atoms with Crippen molar-refractivity contribution in [2.75, 3.05) is 13.7 Å². The largest absolute Gasteiger partial charge is 0.482 e. The van der Waals surface area contributed by atoms with Crippen molar-refractivity contribution in [2.24, 2.45) is 0 Å². The molecule has 1 aromatic heterocycles. The summed E-state index contributed by atoms with van der Waals surface area (Å²) in [6, 6.07) is 12.3. The Morgan fingerprint density at radius 1 is 1.19 bits per heavy atom. The highest BCUT2D eigenvalue weighted by atomic mass is 16.6. The van der Waals surface area contributed by atoms with Gasteiger partial charge in [-0.05, 0) is 42.8 Å². The molecule has 1 unspecified atom stereocenters. The summed E-state index contributed by atoms with van der Waals surface area (Å²) in [7, 11) is 1.31.